The van der Waals surface area contributed by atoms with Crippen LogP contribution in [0.4, 0.5) is 0 Å². The molecule has 4 N–H and O–H groups in total. The molecule has 0 bridgehead atoms. The van der Waals surface area contributed by atoms with E-state index >= 15 is 0 Å². The first-order valence-electron chi connectivity index (χ1n) is 4.72. The van der Waals surface area contributed by atoms with Gasteiger partial charge in [-0.1, -0.05) is 0 Å². The lowest BCUT2D eigenvalue weighted by molar-refractivity contribution is 0.0932. The van der Waals surface area contributed by atoms with Gasteiger partial charge in [-0.2, -0.15) is 5.10 Å². The third kappa shape index (κ3) is 3.34. The Labute approximate surface area is 88.1 Å². The van der Waals surface area contributed by atoms with Crippen molar-refractivity contribution in [2.75, 3.05) is 6.54 Å². The van der Waals surface area contributed by atoms with Crippen LogP contribution in [0.25, 0.3) is 0 Å². The van der Waals surface area contributed by atoms with Crippen LogP contribution >= 0.6 is 0 Å². The van der Waals surface area contributed by atoms with Crippen LogP contribution in [0.2, 0.25) is 0 Å². The van der Waals surface area contributed by atoms with Crippen molar-refractivity contribution in [3.05, 3.63) is 18.0 Å². The third-order valence-corrected chi connectivity index (χ3v) is 2.06. The fourth-order valence-corrected chi connectivity index (χ4v) is 1.01. The van der Waals surface area contributed by atoms with Crippen molar-refractivity contribution in [2.24, 2.45) is 12.8 Å². The molecule has 6 nitrogen and oxygen atoms in total. The Balaban J connectivity index is 2.43. The number of carbonyl (C=O) groups is 1. The number of aliphatic hydroxyl groups excluding tert-OH is 1. The van der Waals surface area contributed by atoms with Gasteiger partial charge in [0.25, 0.3) is 5.91 Å². The number of aliphatic hydroxyl groups is 1. The van der Waals surface area contributed by atoms with Crippen LogP contribution < -0.4 is 11.1 Å². The maximum absolute atomic E-state index is 11.5. The van der Waals surface area contributed by atoms with Crippen molar-refractivity contribution < 1.29 is 9.90 Å². The molecule has 0 saturated carbocycles. The first-order valence-corrected chi connectivity index (χ1v) is 4.72. The molecule has 15 heavy (non-hydrogen) atoms. The minimum Gasteiger partial charge on any atom is -0.392 e. The highest BCUT2D eigenvalue weighted by molar-refractivity contribution is 5.92. The predicted molar refractivity (Wildman–Crippen MR) is 55.2 cm³/mol. The van der Waals surface area contributed by atoms with Crippen molar-refractivity contribution in [1.29, 1.82) is 0 Å². The highest BCUT2D eigenvalue weighted by Gasteiger charge is 2.13. The molecule has 1 aromatic heterocycles. The van der Waals surface area contributed by atoms with Gasteiger partial charge in [-0.3, -0.25) is 9.48 Å². The molecule has 1 aromatic rings. The van der Waals surface area contributed by atoms with Crippen LogP contribution in [0, 0.1) is 0 Å². The van der Waals surface area contributed by atoms with E-state index < -0.39 is 12.1 Å². The Morgan fingerprint density at radius 3 is 2.93 bits per heavy atom. The topological polar surface area (TPSA) is 93.2 Å². The molecular weight excluding hydrogens is 196 g/mol. The molecule has 2 atom stereocenters. The summed E-state index contributed by atoms with van der Waals surface area (Å²) in [5.74, 6) is -0.285. The average Bonchev–Trinajstić information content (AvgIpc) is 2.60. The van der Waals surface area contributed by atoms with Gasteiger partial charge in [-0.05, 0) is 13.0 Å². The lowest BCUT2D eigenvalue weighted by Gasteiger charge is -2.14. The number of hydrogen-bond donors (Lipinski definition) is 3. The average molecular weight is 212 g/mol. The van der Waals surface area contributed by atoms with Crippen LogP contribution in [-0.2, 0) is 7.05 Å². The molecule has 2 unspecified atom stereocenters. The van der Waals surface area contributed by atoms with Crippen LogP contribution in [-0.4, -0.2) is 39.5 Å². The number of amides is 1. The summed E-state index contributed by atoms with van der Waals surface area (Å²) < 4.78 is 1.55. The van der Waals surface area contributed by atoms with Gasteiger partial charge < -0.3 is 16.2 Å². The van der Waals surface area contributed by atoms with E-state index in [0.29, 0.717) is 5.69 Å². The molecular formula is C9H16N4O2. The zero-order valence-electron chi connectivity index (χ0n) is 8.84. The predicted octanol–water partition coefficient (Wildman–Crippen LogP) is -1.14. The van der Waals surface area contributed by atoms with Crippen LogP contribution in [0.3, 0.4) is 0 Å². The molecule has 0 fully saturated rings. The molecule has 0 aromatic carbocycles. The number of aryl methyl sites for hydroxylation is 1. The summed E-state index contributed by atoms with van der Waals surface area (Å²) in [6.07, 6.45) is 1.04. The summed E-state index contributed by atoms with van der Waals surface area (Å²) in [5, 5.41) is 15.6. The molecule has 1 heterocycles. The summed E-state index contributed by atoms with van der Waals surface area (Å²) >= 11 is 0. The Kier molecular flexibility index (Phi) is 3.81. The van der Waals surface area contributed by atoms with Crippen molar-refractivity contribution >= 4 is 5.91 Å². The Bertz CT molecular complexity index is 335. The standard InChI is InChI=1S/C9H16N4O2/c1-6(14)7(10)5-11-9(15)8-3-4-13(2)12-8/h3-4,6-7,14H,5,10H2,1-2H3,(H,11,15). The maximum atomic E-state index is 11.5. The number of hydrogen-bond acceptors (Lipinski definition) is 4. The monoisotopic (exact) mass is 212 g/mol. The number of nitrogens with two attached hydrogens (primary N) is 1. The van der Waals surface area contributed by atoms with Crippen molar-refractivity contribution in [1.82, 2.24) is 15.1 Å². The van der Waals surface area contributed by atoms with Crippen LogP contribution in [0.1, 0.15) is 17.4 Å². The molecule has 0 spiro atoms. The highest BCUT2D eigenvalue weighted by atomic mass is 16.3. The van der Waals surface area contributed by atoms with Crippen molar-refractivity contribution in [3.8, 4) is 0 Å². The van der Waals surface area contributed by atoms with E-state index in [0.717, 1.165) is 0 Å². The van der Waals surface area contributed by atoms with Gasteiger partial charge in [0, 0.05) is 25.8 Å². The second-order valence-electron chi connectivity index (χ2n) is 3.49. The van der Waals surface area contributed by atoms with E-state index in [2.05, 4.69) is 10.4 Å². The van der Waals surface area contributed by atoms with Crippen LogP contribution in [0.15, 0.2) is 12.3 Å². The quantitative estimate of drug-likeness (QED) is 0.588. The zero-order valence-corrected chi connectivity index (χ0v) is 8.84. The lowest BCUT2D eigenvalue weighted by atomic mass is 10.2. The molecule has 1 amide bonds. The van der Waals surface area contributed by atoms with E-state index in [1.54, 1.807) is 30.9 Å². The molecule has 6 heteroatoms. The molecule has 0 radical (unpaired) electrons. The maximum Gasteiger partial charge on any atom is 0.271 e. The minimum atomic E-state index is -0.644. The second kappa shape index (κ2) is 4.90. The zero-order chi connectivity index (χ0) is 11.4. The number of carbonyl (C=O) groups excluding carboxylic acids is 1. The second-order valence-corrected chi connectivity index (χ2v) is 3.49. The summed E-state index contributed by atoms with van der Waals surface area (Å²) in [6.45, 7) is 1.81. The van der Waals surface area contributed by atoms with E-state index in [-0.39, 0.29) is 12.5 Å². The normalized spacial score (nSPS) is 14.7. The number of aromatic nitrogens is 2. The van der Waals surface area contributed by atoms with Gasteiger partial charge in [-0.15, -0.1) is 0 Å². The fraction of sp³-hybridized carbons (Fsp3) is 0.556. The first kappa shape index (κ1) is 11.7. The Morgan fingerprint density at radius 1 is 1.80 bits per heavy atom. The van der Waals surface area contributed by atoms with E-state index in [1.807, 2.05) is 0 Å². The summed E-state index contributed by atoms with van der Waals surface area (Å²) in [5.41, 5.74) is 5.90. The fourth-order valence-electron chi connectivity index (χ4n) is 1.01. The van der Waals surface area contributed by atoms with Crippen molar-refractivity contribution in [3.63, 3.8) is 0 Å². The largest absolute Gasteiger partial charge is 0.392 e. The minimum absolute atomic E-state index is 0.229. The van der Waals surface area contributed by atoms with Gasteiger partial charge in [0.05, 0.1) is 6.10 Å². The first-order chi connectivity index (χ1) is 7.00. The molecule has 0 aliphatic heterocycles. The van der Waals surface area contributed by atoms with E-state index in [4.69, 9.17) is 10.8 Å². The van der Waals surface area contributed by atoms with Crippen LogP contribution in [0.5, 0.6) is 0 Å². The SMILES string of the molecule is CC(O)C(N)CNC(=O)c1ccn(C)n1. The smallest absolute Gasteiger partial charge is 0.271 e. The molecule has 0 aliphatic rings. The number of rotatable bonds is 4. The number of nitrogens with one attached hydrogen (secondary N) is 1. The summed E-state index contributed by atoms with van der Waals surface area (Å²) in [4.78, 5) is 11.5. The molecule has 1 rings (SSSR count). The lowest BCUT2D eigenvalue weighted by Crippen LogP contribution is -2.43. The van der Waals surface area contributed by atoms with Gasteiger partial charge >= 0.3 is 0 Å². The van der Waals surface area contributed by atoms with Gasteiger partial charge in [0.15, 0.2) is 0 Å². The molecule has 0 aliphatic carbocycles. The van der Waals surface area contributed by atoms with Crippen molar-refractivity contribution in [2.45, 2.75) is 19.1 Å². The van der Waals surface area contributed by atoms with Gasteiger partial charge in [0.1, 0.15) is 5.69 Å². The summed E-state index contributed by atoms with van der Waals surface area (Å²) in [7, 11) is 1.73. The molecule has 0 saturated heterocycles. The highest BCUT2D eigenvalue weighted by Crippen LogP contribution is 1.94. The van der Waals surface area contributed by atoms with Gasteiger partial charge in [-0.25, -0.2) is 0 Å². The Hall–Kier alpha value is -1.40. The molecule has 84 valence electrons. The number of nitrogens with zero attached hydrogens (tertiary/aromatic N) is 2. The van der Waals surface area contributed by atoms with E-state index in [1.165, 1.54) is 0 Å². The summed E-state index contributed by atoms with van der Waals surface area (Å²) in [6, 6.07) is 1.15. The van der Waals surface area contributed by atoms with Gasteiger partial charge in [0.2, 0.25) is 0 Å². The van der Waals surface area contributed by atoms with E-state index in [9.17, 15) is 4.79 Å². The Morgan fingerprint density at radius 2 is 2.47 bits per heavy atom. The third-order valence-electron chi connectivity index (χ3n) is 2.06.